The van der Waals surface area contributed by atoms with E-state index in [4.69, 9.17) is 9.84 Å². The molecule has 0 saturated carbocycles. The zero-order valence-corrected chi connectivity index (χ0v) is 19.5. The quantitative estimate of drug-likeness (QED) is 0.561. The fourth-order valence-electron chi connectivity index (χ4n) is 4.47. The van der Waals surface area contributed by atoms with E-state index in [2.05, 4.69) is 43.5 Å². The zero-order chi connectivity index (χ0) is 23.7. The van der Waals surface area contributed by atoms with Gasteiger partial charge < -0.3 is 15.4 Å². The van der Waals surface area contributed by atoms with Gasteiger partial charge >= 0.3 is 12.0 Å². The number of allylic oxidation sites excluding steroid dienone is 1. The predicted molar refractivity (Wildman–Crippen MR) is 127 cm³/mol. The molecule has 7 nitrogen and oxygen atoms in total. The first-order valence-electron chi connectivity index (χ1n) is 11.0. The van der Waals surface area contributed by atoms with Crippen LogP contribution < -0.4 is 10.6 Å². The molecule has 0 aliphatic carbocycles. The molecule has 1 aliphatic rings. The summed E-state index contributed by atoms with van der Waals surface area (Å²) < 4.78 is 7.11. The van der Waals surface area contributed by atoms with Crippen molar-refractivity contribution in [1.29, 1.82) is 0 Å². The predicted octanol–water partition coefficient (Wildman–Crippen LogP) is 4.66. The molecule has 1 unspecified atom stereocenters. The van der Waals surface area contributed by atoms with Gasteiger partial charge in [0.2, 0.25) is 0 Å². The normalized spacial score (nSPS) is 15.8. The molecule has 3 aromatic rings. The molecule has 2 amide bonds. The summed E-state index contributed by atoms with van der Waals surface area (Å²) in [4.78, 5) is 25.4. The standard InChI is InChI=1S/C26H28N4O3/c1-6-33-25(31)22-18(5)27-26(32)28-23(22)20-14-30(19-10-8-7-9-11-19)29-24(20)21-16(3)12-15(2)13-17(21)4/h7-14,23H,6H2,1-5H3,(H2,27,28,32). The largest absolute Gasteiger partial charge is 0.463 e. The van der Waals surface area contributed by atoms with E-state index in [1.807, 2.05) is 36.5 Å². The van der Waals surface area contributed by atoms with E-state index in [9.17, 15) is 9.59 Å². The Kier molecular flexibility index (Phi) is 6.05. The van der Waals surface area contributed by atoms with Gasteiger partial charge in [-0.1, -0.05) is 35.9 Å². The fourth-order valence-corrected chi connectivity index (χ4v) is 4.47. The second-order valence-corrected chi connectivity index (χ2v) is 8.28. The van der Waals surface area contributed by atoms with Crippen LogP contribution in [0.1, 0.15) is 42.1 Å². The van der Waals surface area contributed by atoms with Crippen LogP contribution in [0.3, 0.4) is 0 Å². The molecule has 170 valence electrons. The Bertz CT molecular complexity index is 1230. The number of rotatable bonds is 5. The molecule has 0 spiro atoms. The van der Waals surface area contributed by atoms with Crippen molar-refractivity contribution in [3.8, 4) is 16.9 Å². The maximum atomic E-state index is 12.9. The third-order valence-electron chi connectivity index (χ3n) is 5.75. The number of amides is 2. The molecule has 2 aromatic carbocycles. The molecule has 2 heterocycles. The first kappa shape index (κ1) is 22.3. The summed E-state index contributed by atoms with van der Waals surface area (Å²) in [5.41, 5.74) is 7.46. The smallest absolute Gasteiger partial charge is 0.338 e. The van der Waals surface area contributed by atoms with Crippen LogP contribution in [0.15, 0.2) is 59.9 Å². The van der Waals surface area contributed by atoms with Crippen molar-refractivity contribution in [2.24, 2.45) is 0 Å². The van der Waals surface area contributed by atoms with Crippen LogP contribution in [0, 0.1) is 20.8 Å². The number of aromatic nitrogens is 2. The minimum atomic E-state index is -0.703. The Morgan fingerprint density at radius 2 is 1.76 bits per heavy atom. The van der Waals surface area contributed by atoms with E-state index in [0.717, 1.165) is 39.2 Å². The maximum absolute atomic E-state index is 12.9. The summed E-state index contributed by atoms with van der Waals surface area (Å²) >= 11 is 0. The zero-order valence-electron chi connectivity index (χ0n) is 19.5. The van der Waals surface area contributed by atoms with E-state index < -0.39 is 12.0 Å². The third-order valence-corrected chi connectivity index (χ3v) is 5.75. The van der Waals surface area contributed by atoms with Crippen molar-refractivity contribution < 1.29 is 14.3 Å². The van der Waals surface area contributed by atoms with Gasteiger partial charge in [0, 0.05) is 23.0 Å². The number of carbonyl (C=O) groups excluding carboxylic acids is 2. The lowest BCUT2D eigenvalue weighted by Crippen LogP contribution is -2.45. The molecule has 0 radical (unpaired) electrons. The average Bonchev–Trinajstić information content (AvgIpc) is 3.18. The number of benzene rings is 2. The molecule has 7 heteroatoms. The highest BCUT2D eigenvalue weighted by atomic mass is 16.5. The van der Waals surface area contributed by atoms with Crippen LogP contribution in [-0.2, 0) is 9.53 Å². The lowest BCUT2D eigenvalue weighted by atomic mass is 9.90. The number of carbonyl (C=O) groups is 2. The molecule has 2 N–H and O–H groups in total. The second-order valence-electron chi connectivity index (χ2n) is 8.28. The Balaban J connectivity index is 1.97. The Morgan fingerprint density at radius 3 is 2.39 bits per heavy atom. The first-order valence-corrected chi connectivity index (χ1v) is 11.0. The van der Waals surface area contributed by atoms with Gasteiger partial charge in [0.1, 0.15) is 0 Å². The number of esters is 1. The summed E-state index contributed by atoms with van der Waals surface area (Å²) in [6.45, 7) is 9.87. The molecule has 1 atom stereocenters. The molecule has 0 fully saturated rings. The van der Waals surface area contributed by atoms with Crippen LogP contribution in [0.5, 0.6) is 0 Å². The number of nitrogens with zero attached hydrogens (tertiary/aromatic N) is 2. The van der Waals surface area contributed by atoms with Crippen molar-refractivity contribution in [3.05, 3.63) is 82.2 Å². The number of urea groups is 1. The topological polar surface area (TPSA) is 85.2 Å². The summed E-state index contributed by atoms with van der Waals surface area (Å²) in [6, 6.07) is 12.9. The van der Waals surface area contributed by atoms with Crippen LogP contribution in [0.4, 0.5) is 4.79 Å². The number of nitrogens with one attached hydrogen (secondary N) is 2. The van der Waals surface area contributed by atoms with Gasteiger partial charge in [-0.05, 0) is 57.9 Å². The van der Waals surface area contributed by atoms with Crippen molar-refractivity contribution in [2.45, 2.75) is 40.7 Å². The minimum absolute atomic E-state index is 0.239. The van der Waals surface area contributed by atoms with E-state index in [0.29, 0.717) is 11.3 Å². The number of aryl methyl sites for hydroxylation is 3. The van der Waals surface area contributed by atoms with Crippen molar-refractivity contribution in [2.75, 3.05) is 6.61 Å². The van der Waals surface area contributed by atoms with Crippen molar-refractivity contribution >= 4 is 12.0 Å². The van der Waals surface area contributed by atoms with E-state index in [-0.39, 0.29) is 12.6 Å². The molecule has 1 aliphatic heterocycles. The van der Waals surface area contributed by atoms with Gasteiger partial charge in [-0.15, -0.1) is 0 Å². The fraction of sp³-hybridized carbons (Fsp3) is 0.269. The van der Waals surface area contributed by atoms with Crippen LogP contribution in [-0.4, -0.2) is 28.4 Å². The molecular weight excluding hydrogens is 416 g/mol. The summed E-state index contributed by atoms with van der Waals surface area (Å²) in [5, 5.41) is 10.6. The van der Waals surface area contributed by atoms with Crippen LogP contribution in [0.25, 0.3) is 16.9 Å². The highest BCUT2D eigenvalue weighted by Crippen LogP contribution is 2.37. The number of ether oxygens (including phenoxy) is 1. The summed E-state index contributed by atoms with van der Waals surface area (Å²) in [6.07, 6.45) is 1.88. The minimum Gasteiger partial charge on any atom is -0.463 e. The Morgan fingerprint density at radius 1 is 1.09 bits per heavy atom. The first-order chi connectivity index (χ1) is 15.8. The summed E-state index contributed by atoms with van der Waals surface area (Å²) in [7, 11) is 0. The second kappa shape index (κ2) is 8.94. The van der Waals surface area contributed by atoms with Gasteiger partial charge in [0.15, 0.2) is 0 Å². The molecule has 1 aromatic heterocycles. The lowest BCUT2D eigenvalue weighted by molar-refractivity contribution is -0.139. The third kappa shape index (κ3) is 4.26. The van der Waals surface area contributed by atoms with Gasteiger partial charge in [0.25, 0.3) is 0 Å². The van der Waals surface area contributed by atoms with Crippen molar-refractivity contribution in [1.82, 2.24) is 20.4 Å². The van der Waals surface area contributed by atoms with E-state index >= 15 is 0 Å². The lowest BCUT2D eigenvalue weighted by Gasteiger charge is -2.28. The van der Waals surface area contributed by atoms with Crippen LogP contribution >= 0.6 is 0 Å². The maximum Gasteiger partial charge on any atom is 0.338 e. The SMILES string of the molecule is CCOC(=O)C1=C(C)NC(=O)NC1c1cn(-c2ccccc2)nc1-c1c(C)cc(C)cc1C. The van der Waals surface area contributed by atoms with Gasteiger partial charge in [0.05, 0.1) is 29.6 Å². The van der Waals surface area contributed by atoms with E-state index in [1.54, 1.807) is 18.5 Å². The van der Waals surface area contributed by atoms with Gasteiger partial charge in [-0.2, -0.15) is 5.10 Å². The Hall–Kier alpha value is -3.87. The van der Waals surface area contributed by atoms with Gasteiger partial charge in [-0.25, -0.2) is 14.3 Å². The average molecular weight is 445 g/mol. The Labute approximate surface area is 193 Å². The summed E-state index contributed by atoms with van der Waals surface area (Å²) in [5.74, 6) is -0.469. The van der Waals surface area contributed by atoms with Crippen LogP contribution in [0.2, 0.25) is 0 Å². The monoisotopic (exact) mass is 444 g/mol. The highest BCUT2D eigenvalue weighted by molar-refractivity contribution is 5.95. The van der Waals surface area contributed by atoms with E-state index in [1.165, 1.54) is 0 Å². The highest BCUT2D eigenvalue weighted by Gasteiger charge is 2.35. The number of hydrogen-bond acceptors (Lipinski definition) is 4. The van der Waals surface area contributed by atoms with Crippen molar-refractivity contribution in [3.63, 3.8) is 0 Å². The number of hydrogen-bond donors (Lipinski definition) is 2. The molecule has 4 rings (SSSR count). The van der Waals surface area contributed by atoms with Gasteiger partial charge in [-0.3, -0.25) is 0 Å². The molecular formula is C26H28N4O3. The molecule has 33 heavy (non-hydrogen) atoms. The molecule has 0 saturated heterocycles. The number of para-hydroxylation sites is 1. The molecule has 0 bridgehead atoms.